The molecule has 0 bridgehead atoms. The van der Waals surface area contributed by atoms with E-state index >= 15 is 0 Å². The van der Waals surface area contributed by atoms with E-state index in [2.05, 4.69) is 221 Å². The fraction of sp³-hybridized carbons (Fsp3) is 0.345. The molecule has 3 heterocycles. The highest BCUT2D eigenvalue weighted by Gasteiger charge is 2.49. The monoisotopic (exact) mass is 815 g/mol. The summed E-state index contributed by atoms with van der Waals surface area (Å²) < 4.78 is 7.55. The van der Waals surface area contributed by atoms with Crippen molar-refractivity contribution in [2.75, 3.05) is 9.80 Å². The molecular weight excluding hydrogens is 751 g/mol. The molecule has 2 aliphatic heterocycles. The Morgan fingerprint density at radius 1 is 0.516 bits per heavy atom. The molecule has 3 aliphatic rings. The first-order chi connectivity index (χ1) is 29.1. The van der Waals surface area contributed by atoms with E-state index in [1.165, 1.54) is 83.7 Å². The molecule has 0 saturated carbocycles. The van der Waals surface area contributed by atoms with E-state index < -0.39 is 0 Å². The van der Waals surface area contributed by atoms with E-state index in [0.717, 1.165) is 29.8 Å². The van der Waals surface area contributed by atoms with Crippen molar-refractivity contribution < 1.29 is 4.42 Å². The summed E-state index contributed by atoms with van der Waals surface area (Å²) in [6.45, 7) is 30.6. The lowest BCUT2D eigenvalue weighted by Gasteiger charge is -2.44. The lowest BCUT2D eigenvalue weighted by atomic mass is 9.35. The van der Waals surface area contributed by atoms with Gasteiger partial charge in [-0.05, 0) is 133 Å². The van der Waals surface area contributed by atoms with E-state index in [4.69, 9.17) is 4.42 Å². The number of hydrogen-bond donors (Lipinski definition) is 0. The molecule has 0 fully saturated rings. The molecule has 0 unspecified atom stereocenters. The van der Waals surface area contributed by atoms with Crippen LogP contribution in [0.2, 0.25) is 0 Å². The summed E-state index contributed by atoms with van der Waals surface area (Å²) >= 11 is 0. The van der Waals surface area contributed by atoms with Crippen molar-refractivity contribution in [3.8, 4) is 11.1 Å². The van der Waals surface area contributed by atoms with Crippen LogP contribution in [0, 0.1) is 0 Å². The largest absolute Gasteiger partial charge is 0.468 e. The van der Waals surface area contributed by atoms with Gasteiger partial charge in [0.15, 0.2) is 0 Å². The van der Waals surface area contributed by atoms with Gasteiger partial charge in [0.2, 0.25) is 0 Å². The van der Waals surface area contributed by atoms with Gasteiger partial charge in [0.25, 0.3) is 6.71 Å². The van der Waals surface area contributed by atoms with E-state index in [1.807, 2.05) is 0 Å². The van der Waals surface area contributed by atoms with E-state index in [0.29, 0.717) is 0 Å². The van der Waals surface area contributed by atoms with Gasteiger partial charge < -0.3 is 14.2 Å². The number of fused-ring (bicyclic) bond motifs is 7. The molecular formula is C58H63BN2O. The summed E-state index contributed by atoms with van der Waals surface area (Å²) in [5.74, 6) is 0. The summed E-state index contributed by atoms with van der Waals surface area (Å²) in [6.07, 6.45) is 2.31. The Morgan fingerprint density at radius 2 is 1.08 bits per heavy atom. The Morgan fingerprint density at radius 3 is 1.71 bits per heavy atom. The molecule has 10 rings (SSSR count). The fourth-order valence-electron chi connectivity index (χ4n) is 10.6. The highest BCUT2D eigenvalue weighted by atomic mass is 16.3. The van der Waals surface area contributed by atoms with E-state index in [1.54, 1.807) is 0 Å². The van der Waals surface area contributed by atoms with Gasteiger partial charge in [-0.15, -0.1) is 0 Å². The molecule has 0 amide bonds. The maximum atomic E-state index is 7.55. The molecule has 0 spiro atoms. The summed E-state index contributed by atoms with van der Waals surface area (Å²) in [5, 5.41) is 1.20. The second-order valence-corrected chi connectivity index (χ2v) is 23.0. The van der Waals surface area contributed by atoms with Crippen LogP contribution in [-0.2, 0) is 27.1 Å². The Bertz CT molecular complexity index is 2910. The minimum absolute atomic E-state index is 0.0307. The molecule has 0 atom stereocenters. The van der Waals surface area contributed by atoms with Crippen LogP contribution in [0.15, 0.2) is 126 Å². The Labute approximate surface area is 371 Å². The van der Waals surface area contributed by atoms with Gasteiger partial charge in [-0.3, -0.25) is 0 Å². The van der Waals surface area contributed by atoms with E-state index in [-0.39, 0.29) is 33.8 Å². The molecule has 4 heteroatoms. The molecule has 0 N–H and O–H groups in total. The summed E-state index contributed by atoms with van der Waals surface area (Å²) in [4.78, 5) is 5.15. The van der Waals surface area contributed by atoms with Gasteiger partial charge in [0.1, 0.15) is 5.58 Å². The van der Waals surface area contributed by atoms with Crippen molar-refractivity contribution >= 4 is 68.4 Å². The number of benzene rings is 6. The highest BCUT2D eigenvalue weighted by molar-refractivity contribution is 7.00. The number of furan rings is 1. The van der Waals surface area contributed by atoms with Crippen molar-refractivity contribution in [1.82, 2.24) is 0 Å². The second kappa shape index (κ2) is 13.5. The molecule has 7 aromatic rings. The van der Waals surface area contributed by atoms with Crippen LogP contribution in [0.5, 0.6) is 0 Å². The van der Waals surface area contributed by atoms with Crippen molar-refractivity contribution in [2.24, 2.45) is 0 Å². The first-order valence-corrected chi connectivity index (χ1v) is 22.9. The van der Waals surface area contributed by atoms with Crippen LogP contribution < -0.4 is 26.4 Å². The highest BCUT2D eigenvalue weighted by Crippen LogP contribution is 2.53. The van der Waals surface area contributed by atoms with Crippen LogP contribution in [0.4, 0.5) is 34.1 Å². The predicted molar refractivity (Wildman–Crippen MR) is 267 cm³/mol. The Balaban J connectivity index is 1.36. The zero-order valence-corrected chi connectivity index (χ0v) is 39.3. The van der Waals surface area contributed by atoms with Gasteiger partial charge in [0, 0.05) is 33.7 Å². The maximum absolute atomic E-state index is 7.55. The summed E-state index contributed by atoms with van der Waals surface area (Å²) in [6, 6.07) is 46.4. The smallest absolute Gasteiger partial charge is 0.297 e. The van der Waals surface area contributed by atoms with Crippen LogP contribution in [0.1, 0.15) is 131 Å². The number of rotatable bonds is 3. The Kier molecular flexibility index (Phi) is 8.85. The SMILES string of the molecule is CC(C)(C)c1ccc(N2c3cc(C(C)(C)C)cc4c3B(c3cc(C(C)(C)C)ccc3N4c3ccccc3-c3ccccc3)c3oc4cc5c(cc4c32)C(C)(C)CCC5(C)C)cc1. The van der Waals surface area contributed by atoms with Crippen LogP contribution in [-0.4, -0.2) is 6.71 Å². The third kappa shape index (κ3) is 6.30. The fourth-order valence-corrected chi connectivity index (χ4v) is 10.6. The topological polar surface area (TPSA) is 19.6 Å². The van der Waals surface area contributed by atoms with Gasteiger partial charge >= 0.3 is 0 Å². The van der Waals surface area contributed by atoms with Gasteiger partial charge in [0.05, 0.1) is 17.0 Å². The minimum atomic E-state index is -0.128. The standard InChI is InChI=1S/C58H63BN2O/c1-54(2,3)37-23-26-40(27-24-37)60-48-32-39(56(7,8)9)33-49-51(48)59(53-52(60)42-34-43-44(35-50(42)62-53)58(12,13)30-29-57(43,10)11)45-31-38(55(4,5)6)25-28-47(45)61(49)46-22-18-17-21-41(46)36-19-15-14-16-20-36/h14-28,31-35H,29-30H2,1-13H3. The molecule has 1 aromatic heterocycles. The Hall–Kier alpha value is -5.48. The number of hydrogen-bond acceptors (Lipinski definition) is 3. The molecule has 314 valence electrons. The van der Waals surface area contributed by atoms with Gasteiger partial charge in [-0.25, -0.2) is 0 Å². The molecule has 3 nitrogen and oxygen atoms in total. The molecule has 62 heavy (non-hydrogen) atoms. The predicted octanol–water partition coefficient (Wildman–Crippen LogP) is 14.4. The van der Waals surface area contributed by atoms with Crippen molar-refractivity contribution in [1.29, 1.82) is 0 Å². The minimum Gasteiger partial charge on any atom is -0.468 e. The first-order valence-electron chi connectivity index (χ1n) is 22.9. The summed E-state index contributed by atoms with van der Waals surface area (Å²) in [7, 11) is 0. The molecule has 0 saturated heterocycles. The van der Waals surface area contributed by atoms with E-state index in [9.17, 15) is 0 Å². The van der Waals surface area contributed by atoms with Gasteiger partial charge in [-0.1, -0.05) is 163 Å². The maximum Gasteiger partial charge on any atom is 0.297 e. The molecule has 0 radical (unpaired) electrons. The number of anilines is 6. The average Bonchev–Trinajstić information content (AvgIpc) is 3.59. The quantitative estimate of drug-likeness (QED) is 0.166. The van der Waals surface area contributed by atoms with Crippen molar-refractivity contribution in [3.63, 3.8) is 0 Å². The zero-order chi connectivity index (χ0) is 43.9. The van der Waals surface area contributed by atoms with Crippen LogP contribution in [0.3, 0.4) is 0 Å². The van der Waals surface area contributed by atoms with Crippen LogP contribution >= 0.6 is 0 Å². The lowest BCUT2D eigenvalue weighted by Crippen LogP contribution is -2.61. The van der Waals surface area contributed by atoms with Crippen LogP contribution in [0.25, 0.3) is 22.1 Å². The number of para-hydroxylation sites is 1. The second-order valence-electron chi connectivity index (χ2n) is 23.0. The molecule has 1 aliphatic carbocycles. The zero-order valence-electron chi connectivity index (χ0n) is 39.3. The lowest BCUT2D eigenvalue weighted by molar-refractivity contribution is 0.332. The van der Waals surface area contributed by atoms with Crippen molar-refractivity contribution in [2.45, 2.75) is 130 Å². The third-order valence-corrected chi connectivity index (χ3v) is 14.6. The first kappa shape index (κ1) is 40.6. The molecule has 6 aromatic carbocycles. The van der Waals surface area contributed by atoms with Crippen molar-refractivity contribution in [3.05, 3.63) is 149 Å². The normalized spacial score (nSPS) is 16.5. The third-order valence-electron chi connectivity index (χ3n) is 14.6. The average molecular weight is 815 g/mol. The summed E-state index contributed by atoms with van der Waals surface area (Å²) in [5.41, 5.74) is 20.9. The van der Waals surface area contributed by atoms with Gasteiger partial charge in [-0.2, -0.15) is 0 Å². The number of nitrogens with zero attached hydrogens (tertiary/aromatic N) is 2.